The maximum atomic E-state index is 12.3. The largest absolute Gasteiger partial charge is 0.444 e. The van der Waals surface area contributed by atoms with Crippen LogP contribution in [-0.2, 0) is 4.74 Å². The van der Waals surface area contributed by atoms with Crippen molar-refractivity contribution in [2.24, 2.45) is 0 Å². The van der Waals surface area contributed by atoms with E-state index in [0.29, 0.717) is 13.1 Å². The fourth-order valence-corrected chi connectivity index (χ4v) is 2.53. The molecular formula is C17H31NO2Si2. The molecule has 0 aliphatic rings. The van der Waals surface area contributed by atoms with Crippen molar-refractivity contribution in [1.29, 1.82) is 0 Å². The molecule has 22 heavy (non-hydrogen) atoms. The molecule has 0 rings (SSSR count). The average molecular weight is 338 g/mol. The molecule has 124 valence electrons. The third-order valence-electron chi connectivity index (χ3n) is 2.12. The summed E-state index contributed by atoms with van der Waals surface area (Å²) in [6, 6.07) is 0. The third-order valence-corrected chi connectivity index (χ3v) is 3.97. The van der Waals surface area contributed by atoms with Crippen molar-refractivity contribution in [1.82, 2.24) is 4.90 Å². The summed E-state index contributed by atoms with van der Waals surface area (Å²) in [5.41, 5.74) is 6.05. The Bertz CT molecular complexity index is 466. The van der Waals surface area contributed by atoms with Gasteiger partial charge in [0.05, 0.1) is 13.1 Å². The van der Waals surface area contributed by atoms with Crippen LogP contribution in [0.3, 0.4) is 0 Å². The van der Waals surface area contributed by atoms with Gasteiger partial charge in [0.25, 0.3) is 0 Å². The summed E-state index contributed by atoms with van der Waals surface area (Å²) < 4.78 is 5.44. The standard InChI is InChI=1S/C17H31NO2Si2/c1-17(2,3)20-16(19)18(12-10-14-21(4,5)6)13-11-15-22(7,8)9/h12-13H2,1-9H3. The van der Waals surface area contributed by atoms with E-state index in [9.17, 15) is 4.79 Å². The molecular weight excluding hydrogens is 306 g/mol. The lowest BCUT2D eigenvalue weighted by molar-refractivity contribution is 0.0299. The Balaban J connectivity index is 5.01. The van der Waals surface area contributed by atoms with E-state index < -0.39 is 21.7 Å². The van der Waals surface area contributed by atoms with Gasteiger partial charge in [0.2, 0.25) is 0 Å². The van der Waals surface area contributed by atoms with Gasteiger partial charge in [-0.2, -0.15) is 0 Å². The summed E-state index contributed by atoms with van der Waals surface area (Å²) in [6.45, 7) is 19.4. The van der Waals surface area contributed by atoms with Crippen LogP contribution >= 0.6 is 0 Å². The van der Waals surface area contributed by atoms with Crippen LogP contribution in [0.5, 0.6) is 0 Å². The van der Waals surface area contributed by atoms with Crippen molar-refractivity contribution in [3.8, 4) is 22.9 Å². The van der Waals surface area contributed by atoms with Gasteiger partial charge >= 0.3 is 6.09 Å². The lowest BCUT2D eigenvalue weighted by Crippen LogP contribution is -2.37. The van der Waals surface area contributed by atoms with Crippen LogP contribution in [0.1, 0.15) is 20.8 Å². The monoisotopic (exact) mass is 337 g/mol. The second kappa shape index (κ2) is 7.90. The molecule has 5 heteroatoms. The third kappa shape index (κ3) is 12.6. The zero-order chi connectivity index (χ0) is 17.6. The van der Waals surface area contributed by atoms with Crippen molar-refractivity contribution < 1.29 is 9.53 Å². The Morgan fingerprint density at radius 2 is 1.27 bits per heavy atom. The van der Waals surface area contributed by atoms with Crippen molar-refractivity contribution in [2.75, 3.05) is 13.1 Å². The van der Waals surface area contributed by atoms with Crippen molar-refractivity contribution >= 4 is 22.2 Å². The Labute approximate surface area is 138 Å². The van der Waals surface area contributed by atoms with Crippen molar-refractivity contribution in [3.05, 3.63) is 0 Å². The van der Waals surface area contributed by atoms with Gasteiger partial charge in [0, 0.05) is 0 Å². The molecule has 3 nitrogen and oxygen atoms in total. The molecule has 0 aromatic heterocycles. The van der Waals surface area contributed by atoms with Crippen LogP contribution in [0.15, 0.2) is 0 Å². The minimum Gasteiger partial charge on any atom is -0.444 e. The molecule has 0 saturated heterocycles. The summed E-state index contributed by atoms with van der Waals surface area (Å²) in [4.78, 5) is 13.8. The number of carbonyl (C=O) groups is 1. The zero-order valence-electron chi connectivity index (χ0n) is 15.7. The Morgan fingerprint density at radius 1 is 0.909 bits per heavy atom. The second-order valence-electron chi connectivity index (χ2n) is 8.44. The molecule has 0 aliphatic carbocycles. The molecule has 0 aromatic carbocycles. The highest BCUT2D eigenvalue weighted by molar-refractivity contribution is 6.84. The molecule has 0 unspecified atom stereocenters. The summed E-state index contributed by atoms with van der Waals surface area (Å²) in [5, 5.41) is 0. The highest BCUT2D eigenvalue weighted by Gasteiger charge is 2.21. The smallest absolute Gasteiger partial charge is 0.411 e. The van der Waals surface area contributed by atoms with Crippen LogP contribution in [0.25, 0.3) is 0 Å². The lowest BCUT2D eigenvalue weighted by Gasteiger charge is -2.25. The van der Waals surface area contributed by atoms with Gasteiger partial charge in [0.1, 0.15) is 21.7 Å². The predicted octanol–water partition coefficient (Wildman–Crippen LogP) is 3.99. The van der Waals surface area contributed by atoms with Gasteiger partial charge in [-0.1, -0.05) is 51.1 Å². The van der Waals surface area contributed by atoms with Crippen molar-refractivity contribution in [3.63, 3.8) is 0 Å². The molecule has 0 bridgehead atoms. The van der Waals surface area contributed by atoms with E-state index in [1.165, 1.54) is 0 Å². The van der Waals surface area contributed by atoms with Crippen LogP contribution < -0.4 is 0 Å². The number of carbonyl (C=O) groups excluding carboxylic acids is 1. The number of hydrogen-bond acceptors (Lipinski definition) is 2. The molecule has 0 fully saturated rings. The van der Waals surface area contributed by atoms with Crippen LogP contribution in [0.4, 0.5) is 4.79 Å². The van der Waals surface area contributed by atoms with E-state index in [1.54, 1.807) is 4.90 Å². The summed E-state index contributed by atoms with van der Waals surface area (Å²) >= 11 is 0. The average Bonchev–Trinajstić information content (AvgIpc) is 2.21. The Kier molecular flexibility index (Phi) is 7.47. The molecule has 1 amide bonds. The van der Waals surface area contributed by atoms with E-state index in [-0.39, 0.29) is 6.09 Å². The molecule has 0 spiro atoms. The highest BCUT2D eigenvalue weighted by atomic mass is 28.3. The predicted molar refractivity (Wildman–Crippen MR) is 100 cm³/mol. The number of rotatable bonds is 2. The molecule has 0 heterocycles. The molecule has 0 aromatic rings. The van der Waals surface area contributed by atoms with E-state index >= 15 is 0 Å². The summed E-state index contributed by atoms with van der Waals surface area (Å²) in [5.74, 6) is 6.24. The van der Waals surface area contributed by atoms with Crippen LogP contribution in [0.2, 0.25) is 39.3 Å². The molecule has 0 atom stereocenters. The summed E-state index contributed by atoms with van der Waals surface area (Å²) in [6.07, 6.45) is -0.345. The van der Waals surface area contributed by atoms with Gasteiger partial charge in [0.15, 0.2) is 0 Å². The number of nitrogens with zero attached hydrogens (tertiary/aromatic N) is 1. The van der Waals surface area contributed by atoms with E-state index in [0.717, 1.165) is 0 Å². The first kappa shape index (κ1) is 20.8. The minimum atomic E-state index is -1.44. The normalized spacial score (nSPS) is 11.7. The van der Waals surface area contributed by atoms with E-state index in [4.69, 9.17) is 4.74 Å². The first-order valence-electron chi connectivity index (χ1n) is 7.68. The molecule has 0 aliphatic heterocycles. The minimum absolute atomic E-state index is 0.345. The maximum absolute atomic E-state index is 12.3. The highest BCUT2D eigenvalue weighted by Crippen LogP contribution is 2.09. The zero-order valence-corrected chi connectivity index (χ0v) is 17.7. The fraction of sp³-hybridized carbons (Fsp3) is 0.706. The number of ether oxygens (including phenoxy) is 1. The number of amides is 1. The quantitative estimate of drug-likeness (QED) is 0.563. The van der Waals surface area contributed by atoms with Crippen LogP contribution in [0, 0.1) is 22.9 Å². The van der Waals surface area contributed by atoms with E-state index in [2.05, 4.69) is 62.2 Å². The van der Waals surface area contributed by atoms with Gasteiger partial charge in [-0.25, -0.2) is 4.79 Å². The fourth-order valence-electron chi connectivity index (χ4n) is 1.31. The molecule has 0 radical (unpaired) electrons. The topological polar surface area (TPSA) is 29.5 Å². The molecule has 0 N–H and O–H groups in total. The van der Waals surface area contributed by atoms with Gasteiger partial charge < -0.3 is 4.74 Å². The van der Waals surface area contributed by atoms with Gasteiger partial charge in [-0.05, 0) is 20.8 Å². The first-order chi connectivity index (χ1) is 9.70. The SMILES string of the molecule is CC(C)(C)OC(=O)N(CC#C[Si](C)(C)C)CC#C[Si](C)(C)C. The van der Waals surface area contributed by atoms with E-state index in [1.807, 2.05) is 20.8 Å². The Morgan fingerprint density at radius 3 is 1.55 bits per heavy atom. The van der Waals surface area contributed by atoms with Gasteiger partial charge in [-0.3, -0.25) is 4.90 Å². The number of hydrogen-bond donors (Lipinski definition) is 0. The lowest BCUT2D eigenvalue weighted by atomic mass is 10.2. The van der Waals surface area contributed by atoms with Crippen molar-refractivity contribution in [2.45, 2.75) is 65.7 Å². The molecule has 0 saturated carbocycles. The maximum Gasteiger partial charge on any atom is 0.411 e. The summed E-state index contributed by atoms with van der Waals surface area (Å²) in [7, 11) is -2.87. The van der Waals surface area contributed by atoms with Crippen LogP contribution in [-0.4, -0.2) is 45.8 Å². The van der Waals surface area contributed by atoms with Gasteiger partial charge in [-0.15, -0.1) is 11.1 Å². The Hall–Kier alpha value is -1.18. The first-order valence-corrected chi connectivity index (χ1v) is 14.7. The second-order valence-corrected chi connectivity index (χ2v) is 17.9.